The number of para-hydroxylation sites is 1. The summed E-state index contributed by atoms with van der Waals surface area (Å²) in [6.45, 7) is 1.46. The van der Waals surface area contributed by atoms with Crippen LogP contribution in [-0.4, -0.2) is 40.8 Å². The Kier molecular flexibility index (Phi) is 8.26. The van der Waals surface area contributed by atoms with Gasteiger partial charge in [0.05, 0.1) is 30.5 Å². The molecule has 34 heavy (non-hydrogen) atoms. The van der Waals surface area contributed by atoms with Gasteiger partial charge in [-0.1, -0.05) is 43.3 Å². The standard InChI is InChI=1S/C25H27N3O5S/c1-4-22(19-15-16-23(32-2)24(17-19)33-3)26-27-25(29)18-28(20-11-7-5-8-12-20)34(30,31)21-13-9-6-10-14-21/h5-17H,4,18H2,1-3H3,(H,27,29)/b26-22-. The average Bonchev–Trinajstić information content (AvgIpc) is 2.88. The molecule has 0 aliphatic carbocycles. The molecular formula is C25H27N3O5S. The summed E-state index contributed by atoms with van der Waals surface area (Å²) in [7, 11) is -0.879. The van der Waals surface area contributed by atoms with Crippen LogP contribution < -0.4 is 19.2 Å². The minimum absolute atomic E-state index is 0.0923. The number of benzene rings is 3. The second-order valence-corrected chi connectivity index (χ2v) is 9.04. The van der Waals surface area contributed by atoms with E-state index in [0.717, 1.165) is 9.87 Å². The van der Waals surface area contributed by atoms with Gasteiger partial charge in [-0.05, 0) is 48.9 Å². The molecule has 0 saturated heterocycles. The fourth-order valence-electron chi connectivity index (χ4n) is 3.29. The van der Waals surface area contributed by atoms with E-state index < -0.39 is 22.5 Å². The first-order valence-electron chi connectivity index (χ1n) is 10.6. The zero-order valence-electron chi connectivity index (χ0n) is 19.3. The molecule has 3 aromatic carbocycles. The van der Waals surface area contributed by atoms with Gasteiger partial charge in [0.25, 0.3) is 15.9 Å². The Morgan fingerprint density at radius 1 is 0.912 bits per heavy atom. The molecule has 178 valence electrons. The van der Waals surface area contributed by atoms with Crippen molar-refractivity contribution in [2.24, 2.45) is 5.10 Å². The van der Waals surface area contributed by atoms with Crippen molar-refractivity contribution in [3.63, 3.8) is 0 Å². The van der Waals surface area contributed by atoms with Gasteiger partial charge in [0.1, 0.15) is 6.54 Å². The first-order chi connectivity index (χ1) is 16.4. The van der Waals surface area contributed by atoms with Crippen LogP contribution in [0.2, 0.25) is 0 Å². The molecule has 0 saturated carbocycles. The highest BCUT2D eigenvalue weighted by atomic mass is 32.2. The molecule has 0 aliphatic heterocycles. The number of nitrogens with zero attached hydrogens (tertiary/aromatic N) is 2. The van der Waals surface area contributed by atoms with Crippen LogP contribution in [0.5, 0.6) is 11.5 Å². The number of hydrogen-bond acceptors (Lipinski definition) is 6. The lowest BCUT2D eigenvalue weighted by Crippen LogP contribution is -2.39. The van der Waals surface area contributed by atoms with E-state index in [9.17, 15) is 13.2 Å². The number of amides is 1. The Hall–Kier alpha value is -3.85. The molecule has 3 aromatic rings. The summed E-state index contributed by atoms with van der Waals surface area (Å²) >= 11 is 0. The number of hydrogen-bond donors (Lipinski definition) is 1. The van der Waals surface area contributed by atoms with Crippen LogP contribution in [0.15, 0.2) is 88.9 Å². The molecule has 9 heteroatoms. The Bertz CT molecular complexity index is 1250. The first-order valence-corrected chi connectivity index (χ1v) is 12.0. The third-order valence-corrected chi connectivity index (χ3v) is 6.82. The number of anilines is 1. The molecule has 0 atom stereocenters. The van der Waals surface area contributed by atoms with Crippen molar-refractivity contribution in [3.8, 4) is 11.5 Å². The van der Waals surface area contributed by atoms with Crippen molar-refractivity contribution >= 4 is 27.3 Å². The van der Waals surface area contributed by atoms with Crippen LogP contribution in [0.3, 0.4) is 0 Å². The van der Waals surface area contributed by atoms with Crippen molar-refractivity contribution in [1.82, 2.24) is 5.43 Å². The van der Waals surface area contributed by atoms with E-state index >= 15 is 0 Å². The first kappa shape index (κ1) is 24.8. The molecule has 1 amide bonds. The Balaban J connectivity index is 1.85. The van der Waals surface area contributed by atoms with Crippen LogP contribution in [0, 0.1) is 0 Å². The molecule has 1 N–H and O–H groups in total. The van der Waals surface area contributed by atoms with Crippen molar-refractivity contribution in [2.75, 3.05) is 25.1 Å². The minimum Gasteiger partial charge on any atom is -0.493 e. The molecule has 0 bridgehead atoms. The quantitative estimate of drug-likeness (QED) is 0.351. The Morgan fingerprint density at radius 2 is 1.53 bits per heavy atom. The van der Waals surface area contributed by atoms with Gasteiger partial charge in [-0.15, -0.1) is 0 Å². The van der Waals surface area contributed by atoms with Crippen molar-refractivity contribution in [2.45, 2.75) is 18.2 Å². The van der Waals surface area contributed by atoms with Crippen molar-refractivity contribution in [1.29, 1.82) is 0 Å². The van der Waals surface area contributed by atoms with Crippen LogP contribution in [0.1, 0.15) is 18.9 Å². The number of hydrazone groups is 1. The van der Waals surface area contributed by atoms with Crippen molar-refractivity contribution < 1.29 is 22.7 Å². The zero-order chi connectivity index (χ0) is 24.6. The SMILES string of the molecule is CC/C(=N/NC(=O)CN(c1ccccc1)S(=O)(=O)c1ccccc1)c1ccc(OC)c(OC)c1. The van der Waals surface area contributed by atoms with E-state index in [-0.39, 0.29) is 4.90 Å². The van der Waals surface area contributed by atoms with Crippen LogP contribution in [-0.2, 0) is 14.8 Å². The molecule has 0 radical (unpaired) electrons. The Labute approximate surface area is 199 Å². The smallest absolute Gasteiger partial charge is 0.264 e. The van der Waals surface area contributed by atoms with Gasteiger partial charge in [0.15, 0.2) is 11.5 Å². The summed E-state index contributed by atoms with van der Waals surface area (Å²) < 4.78 is 38.3. The predicted molar refractivity (Wildman–Crippen MR) is 132 cm³/mol. The lowest BCUT2D eigenvalue weighted by molar-refractivity contribution is -0.119. The maximum Gasteiger partial charge on any atom is 0.264 e. The van der Waals surface area contributed by atoms with Crippen LogP contribution >= 0.6 is 0 Å². The van der Waals surface area contributed by atoms with E-state index in [1.165, 1.54) is 19.2 Å². The molecule has 3 rings (SSSR count). The number of rotatable bonds is 10. The maximum atomic E-state index is 13.3. The fraction of sp³-hybridized carbons (Fsp3) is 0.200. The third kappa shape index (κ3) is 5.74. The lowest BCUT2D eigenvalue weighted by Gasteiger charge is -2.23. The number of methoxy groups -OCH3 is 2. The molecule has 8 nitrogen and oxygen atoms in total. The topological polar surface area (TPSA) is 97.3 Å². The van der Waals surface area contributed by atoms with Gasteiger partial charge < -0.3 is 9.47 Å². The van der Waals surface area contributed by atoms with Gasteiger partial charge in [-0.2, -0.15) is 5.10 Å². The average molecular weight is 482 g/mol. The predicted octanol–water partition coefficient (Wildman–Crippen LogP) is 3.83. The molecule has 0 aliphatic rings. The molecular weight excluding hydrogens is 454 g/mol. The number of nitrogens with one attached hydrogen (secondary N) is 1. The highest BCUT2D eigenvalue weighted by Crippen LogP contribution is 2.28. The monoisotopic (exact) mass is 481 g/mol. The highest BCUT2D eigenvalue weighted by molar-refractivity contribution is 7.92. The summed E-state index contributed by atoms with van der Waals surface area (Å²) in [5, 5.41) is 4.24. The fourth-order valence-corrected chi connectivity index (χ4v) is 4.73. The number of sulfonamides is 1. The van der Waals surface area contributed by atoms with E-state index in [2.05, 4.69) is 10.5 Å². The minimum atomic E-state index is -3.97. The molecule has 0 spiro atoms. The van der Waals surface area contributed by atoms with E-state index in [4.69, 9.17) is 9.47 Å². The van der Waals surface area contributed by atoms with Gasteiger partial charge in [0, 0.05) is 5.56 Å². The highest BCUT2D eigenvalue weighted by Gasteiger charge is 2.27. The maximum absolute atomic E-state index is 13.3. The molecule has 0 unspecified atom stereocenters. The number of ether oxygens (including phenoxy) is 2. The second kappa shape index (κ2) is 11.3. The molecule has 0 aromatic heterocycles. The van der Waals surface area contributed by atoms with Gasteiger partial charge in [0.2, 0.25) is 0 Å². The van der Waals surface area contributed by atoms with E-state index in [0.29, 0.717) is 29.3 Å². The number of carbonyl (C=O) groups excluding carboxylic acids is 1. The van der Waals surface area contributed by atoms with Crippen molar-refractivity contribution in [3.05, 3.63) is 84.4 Å². The number of carbonyl (C=O) groups is 1. The summed E-state index contributed by atoms with van der Waals surface area (Å²) in [6, 6.07) is 21.8. The van der Waals surface area contributed by atoms with Gasteiger partial charge in [-0.3, -0.25) is 9.10 Å². The van der Waals surface area contributed by atoms with Gasteiger partial charge in [-0.25, -0.2) is 13.8 Å². The van der Waals surface area contributed by atoms with Crippen LogP contribution in [0.25, 0.3) is 0 Å². The summed E-state index contributed by atoms with van der Waals surface area (Å²) in [5.74, 6) is 0.543. The summed E-state index contributed by atoms with van der Waals surface area (Å²) in [5.41, 5.74) is 4.22. The molecule has 0 fully saturated rings. The zero-order valence-corrected chi connectivity index (χ0v) is 20.1. The molecule has 0 heterocycles. The van der Waals surface area contributed by atoms with Crippen LogP contribution in [0.4, 0.5) is 5.69 Å². The second-order valence-electron chi connectivity index (χ2n) is 7.18. The largest absolute Gasteiger partial charge is 0.493 e. The normalized spacial score (nSPS) is 11.6. The van der Waals surface area contributed by atoms with Gasteiger partial charge >= 0.3 is 0 Å². The van der Waals surface area contributed by atoms with E-state index in [1.807, 2.05) is 13.0 Å². The third-order valence-electron chi connectivity index (χ3n) is 5.03. The summed E-state index contributed by atoms with van der Waals surface area (Å²) in [4.78, 5) is 12.9. The Morgan fingerprint density at radius 3 is 2.12 bits per heavy atom. The lowest BCUT2D eigenvalue weighted by atomic mass is 10.1. The summed E-state index contributed by atoms with van der Waals surface area (Å²) in [6.07, 6.45) is 0.528. The van der Waals surface area contributed by atoms with E-state index in [1.54, 1.807) is 67.8 Å².